The summed E-state index contributed by atoms with van der Waals surface area (Å²) in [6.07, 6.45) is -3.00. The lowest BCUT2D eigenvalue weighted by atomic mass is 10.1. The van der Waals surface area contributed by atoms with E-state index >= 15 is 0 Å². The number of alkyl halides is 3. The van der Waals surface area contributed by atoms with Gasteiger partial charge in [-0.15, -0.1) is 0 Å². The number of nitrogens with zero attached hydrogens (tertiary/aromatic N) is 1. The highest BCUT2D eigenvalue weighted by Crippen LogP contribution is 2.30. The van der Waals surface area contributed by atoms with Crippen LogP contribution in [0.2, 0.25) is 0 Å². The van der Waals surface area contributed by atoms with E-state index in [1.54, 1.807) is 0 Å². The van der Waals surface area contributed by atoms with Crippen LogP contribution in [-0.2, 0) is 6.18 Å². The summed E-state index contributed by atoms with van der Waals surface area (Å²) in [6.45, 7) is 0. The van der Waals surface area contributed by atoms with Crippen LogP contribution >= 0.6 is 0 Å². The Kier molecular flexibility index (Phi) is 2.03. The molecule has 5 heteroatoms. The standard InChI is InChI=1S/C10H7F3NO/c11-10(12,13)8-3-4-9-7(6-8)2-1-5-14(9)15/h1-6,15H/q+1. The van der Waals surface area contributed by atoms with Crippen LogP contribution < -0.4 is 4.73 Å². The Morgan fingerprint density at radius 2 is 1.87 bits per heavy atom. The molecule has 0 saturated carbocycles. The summed E-state index contributed by atoms with van der Waals surface area (Å²) in [5, 5.41) is 9.64. The Morgan fingerprint density at radius 1 is 1.13 bits per heavy atom. The van der Waals surface area contributed by atoms with Gasteiger partial charge in [-0.25, -0.2) is 0 Å². The van der Waals surface area contributed by atoms with Crippen molar-refractivity contribution in [1.82, 2.24) is 0 Å². The minimum Gasteiger partial charge on any atom is -0.285 e. The fraction of sp³-hybridized carbons (Fsp3) is 0.100. The van der Waals surface area contributed by atoms with E-state index in [0.29, 0.717) is 10.9 Å². The Labute approximate surface area is 83.2 Å². The van der Waals surface area contributed by atoms with Gasteiger partial charge in [-0.2, -0.15) is 13.2 Å². The lowest BCUT2D eigenvalue weighted by Crippen LogP contribution is -2.29. The summed E-state index contributed by atoms with van der Waals surface area (Å²) in [5.41, 5.74) is -0.383. The zero-order chi connectivity index (χ0) is 11.1. The molecule has 0 radical (unpaired) electrons. The van der Waals surface area contributed by atoms with Crippen LogP contribution in [0.15, 0.2) is 36.5 Å². The SMILES string of the molecule is O[n+]1cccc2cc(C(F)(F)F)ccc21. The summed E-state index contributed by atoms with van der Waals surface area (Å²) in [7, 11) is 0. The lowest BCUT2D eigenvalue weighted by Gasteiger charge is -2.05. The topological polar surface area (TPSA) is 24.1 Å². The minimum atomic E-state index is -4.36. The van der Waals surface area contributed by atoms with Crippen LogP contribution in [0.1, 0.15) is 5.56 Å². The van der Waals surface area contributed by atoms with E-state index in [1.165, 1.54) is 24.4 Å². The van der Waals surface area contributed by atoms with Crippen molar-refractivity contribution in [3.63, 3.8) is 0 Å². The number of benzene rings is 1. The number of fused-ring (bicyclic) bond motifs is 1. The highest BCUT2D eigenvalue weighted by Gasteiger charge is 2.31. The lowest BCUT2D eigenvalue weighted by molar-refractivity contribution is -0.884. The first-order valence-corrected chi connectivity index (χ1v) is 4.19. The van der Waals surface area contributed by atoms with Gasteiger partial charge in [0.15, 0.2) is 0 Å². The maximum absolute atomic E-state index is 12.3. The molecular weight excluding hydrogens is 207 g/mol. The van der Waals surface area contributed by atoms with E-state index in [2.05, 4.69) is 0 Å². The molecule has 2 aromatic rings. The number of halogens is 3. The van der Waals surface area contributed by atoms with Crippen molar-refractivity contribution in [2.75, 3.05) is 0 Å². The third kappa shape index (κ3) is 1.72. The molecule has 0 saturated heterocycles. The first-order chi connectivity index (χ1) is 6.98. The third-order valence-corrected chi connectivity index (χ3v) is 2.10. The molecule has 1 aromatic heterocycles. The van der Waals surface area contributed by atoms with Crippen molar-refractivity contribution in [1.29, 1.82) is 0 Å². The Bertz CT molecular complexity index is 507. The zero-order valence-electron chi connectivity index (χ0n) is 7.49. The van der Waals surface area contributed by atoms with E-state index in [-0.39, 0.29) is 0 Å². The molecule has 0 aliphatic carbocycles. The number of rotatable bonds is 0. The second-order valence-electron chi connectivity index (χ2n) is 3.12. The van der Waals surface area contributed by atoms with Gasteiger partial charge in [0.05, 0.1) is 10.9 Å². The average molecular weight is 214 g/mol. The highest BCUT2D eigenvalue weighted by molar-refractivity contribution is 5.76. The van der Waals surface area contributed by atoms with Crippen LogP contribution in [0, 0.1) is 0 Å². The van der Waals surface area contributed by atoms with Gasteiger partial charge in [0.25, 0.3) is 5.52 Å². The van der Waals surface area contributed by atoms with Gasteiger partial charge in [0, 0.05) is 16.9 Å². The first kappa shape index (κ1) is 9.76. The highest BCUT2D eigenvalue weighted by atomic mass is 19.4. The molecule has 1 heterocycles. The maximum atomic E-state index is 12.3. The number of hydrogen-bond donors (Lipinski definition) is 1. The maximum Gasteiger partial charge on any atom is 0.416 e. The summed E-state index contributed by atoms with van der Waals surface area (Å²) in [6, 6.07) is 6.16. The van der Waals surface area contributed by atoms with E-state index in [0.717, 1.165) is 16.9 Å². The van der Waals surface area contributed by atoms with E-state index in [1.807, 2.05) is 0 Å². The number of aromatic nitrogens is 1. The van der Waals surface area contributed by atoms with Crippen LogP contribution in [0.25, 0.3) is 10.9 Å². The molecular formula is C10H7F3NO+. The summed E-state index contributed by atoms with van der Waals surface area (Å²) in [4.78, 5) is 0. The van der Waals surface area contributed by atoms with Gasteiger partial charge in [-0.3, -0.25) is 5.21 Å². The molecule has 15 heavy (non-hydrogen) atoms. The monoisotopic (exact) mass is 214 g/mol. The average Bonchev–Trinajstić information content (AvgIpc) is 2.16. The molecule has 78 valence electrons. The largest absolute Gasteiger partial charge is 0.416 e. The molecule has 0 bridgehead atoms. The zero-order valence-corrected chi connectivity index (χ0v) is 7.49. The number of hydrogen-bond acceptors (Lipinski definition) is 1. The number of pyridine rings is 1. The molecule has 2 nitrogen and oxygen atoms in total. The molecule has 1 N–H and O–H groups in total. The molecule has 0 spiro atoms. The second-order valence-corrected chi connectivity index (χ2v) is 3.12. The molecule has 0 aliphatic heterocycles. The second kappa shape index (κ2) is 3.12. The minimum absolute atomic E-state index is 0.338. The predicted molar refractivity (Wildman–Crippen MR) is 46.3 cm³/mol. The predicted octanol–water partition coefficient (Wildman–Crippen LogP) is 2.38. The smallest absolute Gasteiger partial charge is 0.285 e. The summed E-state index contributed by atoms with van der Waals surface area (Å²) >= 11 is 0. The van der Waals surface area contributed by atoms with E-state index in [4.69, 9.17) is 0 Å². The van der Waals surface area contributed by atoms with Crippen molar-refractivity contribution < 1.29 is 23.1 Å². The van der Waals surface area contributed by atoms with E-state index in [9.17, 15) is 18.4 Å². The van der Waals surface area contributed by atoms with Gasteiger partial charge in [0.2, 0.25) is 6.20 Å². The normalized spacial score (nSPS) is 11.9. The molecule has 0 atom stereocenters. The fourth-order valence-electron chi connectivity index (χ4n) is 1.38. The molecule has 0 unspecified atom stereocenters. The third-order valence-electron chi connectivity index (χ3n) is 2.10. The van der Waals surface area contributed by atoms with Gasteiger partial charge >= 0.3 is 6.18 Å². The summed E-state index contributed by atoms with van der Waals surface area (Å²) in [5.74, 6) is 0. The van der Waals surface area contributed by atoms with Gasteiger partial charge in [0.1, 0.15) is 0 Å². The molecule has 0 aliphatic rings. The summed E-state index contributed by atoms with van der Waals surface area (Å²) < 4.78 is 37.8. The fourth-order valence-corrected chi connectivity index (χ4v) is 1.38. The molecule has 0 fully saturated rings. The van der Waals surface area contributed by atoms with Gasteiger partial charge in [-0.1, -0.05) is 0 Å². The van der Waals surface area contributed by atoms with E-state index < -0.39 is 11.7 Å². The van der Waals surface area contributed by atoms with Crippen LogP contribution in [-0.4, -0.2) is 5.21 Å². The van der Waals surface area contributed by atoms with Crippen LogP contribution in [0.5, 0.6) is 0 Å². The van der Waals surface area contributed by atoms with Crippen molar-refractivity contribution in [3.8, 4) is 0 Å². The molecule has 2 rings (SSSR count). The Hall–Kier alpha value is -1.78. The van der Waals surface area contributed by atoms with Crippen LogP contribution in [0.4, 0.5) is 13.2 Å². The Morgan fingerprint density at radius 3 is 2.53 bits per heavy atom. The van der Waals surface area contributed by atoms with Crippen LogP contribution in [0.3, 0.4) is 0 Å². The van der Waals surface area contributed by atoms with Crippen molar-refractivity contribution in [2.24, 2.45) is 0 Å². The van der Waals surface area contributed by atoms with Gasteiger partial charge < -0.3 is 0 Å². The van der Waals surface area contributed by atoms with Gasteiger partial charge in [-0.05, 0) is 18.2 Å². The van der Waals surface area contributed by atoms with Crippen molar-refractivity contribution in [3.05, 3.63) is 42.1 Å². The van der Waals surface area contributed by atoms with Crippen molar-refractivity contribution in [2.45, 2.75) is 6.18 Å². The first-order valence-electron chi connectivity index (χ1n) is 4.19. The molecule has 1 aromatic carbocycles. The van der Waals surface area contributed by atoms with Crippen molar-refractivity contribution >= 4 is 10.9 Å². The quantitative estimate of drug-likeness (QED) is 0.528. The Balaban J connectivity index is 2.68. The molecule has 0 amide bonds.